The largest absolute Gasteiger partial charge is 0.373 e. The number of halogens is 2. The molecule has 1 aliphatic heterocycles. The molecule has 4 rings (SSSR count). The first kappa shape index (κ1) is 29.2. The number of piperidine rings is 1. The first-order valence-corrected chi connectivity index (χ1v) is 13.0. The predicted octanol–water partition coefficient (Wildman–Crippen LogP) is 2.53. The van der Waals surface area contributed by atoms with E-state index in [1.807, 2.05) is 9.24 Å². The van der Waals surface area contributed by atoms with Crippen LogP contribution in [0.2, 0.25) is 5.11 Å². The topological polar surface area (TPSA) is 89.3 Å². The Hall–Kier alpha value is -2.78. The number of pyridine rings is 1. The van der Waals surface area contributed by atoms with Crippen LogP contribution in [0, 0.1) is 5.82 Å². The van der Waals surface area contributed by atoms with Crippen molar-refractivity contribution in [3.63, 3.8) is 0 Å². The summed E-state index contributed by atoms with van der Waals surface area (Å²) in [5.41, 5.74) is -0.431. The van der Waals surface area contributed by atoms with E-state index in [2.05, 4.69) is 15.3 Å². The molecule has 8 nitrogen and oxygen atoms in total. The Balaban J connectivity index is 1.73. The van der Waals surface area contributed by atoms with Gasteiger partial charge in [-0.3, -0.25) is 14.2 Å². The van der Waals surface area contributed by atoms with Gasteiger partial charge in [-0.05, 0) is 25.8 Å². The first-order chi connectivity index (χ1) is 18.3. The Kier molecular flexibility index (Phi) is 8.25. The van der Waals surface area contributed by atoms with Gasteiger partial charge in [0.2, 0.25) is 5.91 Å². The van der Waals surface area contributed by atoms with E-state index in [4.69, 9.17) is 28.3 Å². The van der Waals surface area contributed by atoms with Crippen molar-refractivity contribution >= 4 is 55.5 Å². The Morgan fingerprint density at radius 3 is 2.46 bits per heavy atom. The van der Waals surface area contributed by atoms with E-state index in [0.29, 0.717) is 22.4 Å². The second-order valence-electron chi connectivity index (χ2n) is 9.82. The maximum absolute atomic E-state index is 15.0. The minimum Gasteiger partial charge on any atom is -0.373 e. The van der Waals surface area contributed by atoms with Gasteiger partial charge in [0.05, 0.1) is 40.5 Å². The lowest BCUT2D eigenvalue weighted by Crippen LogP contribution is -2.51. The third kappa shape index (κ3) is 5.48. The number of carbonyl (C=O) groups is 1. The van der Waals surface area contributed by atoms with Crippen LogP contribution in [0.15, 0.2) is 35.4 Å². The van der Waals surface area contributed by atoms with Crippen LogP contribution in [0.4, 0.5) is 14.6 Å². The molecule has 2 aromatic heterocycles. The number of fused-ring (bicyclic) bond motifs is 1. The number of nitrogens with zero attached hydrogens (tertiary/aromatic N) is 4. The lowest BCUT2D eigenvalue weighted by molar-refractivity contribution is -0.136. The number of amides is 1. The highest BCUT2D eigenvalue weighted by Crippen LogP contribution is 2.38. The number of hydrogen-bond donors (Lipinski definition) is 1. The van der Waals surface area contributed by atoms with E-state index < -0.39 is 34.4 Å². The number of anilines is 1. The quantitative estimate of drug-likeness (QED) is 0.362. The highest BCUT2D eigenvalue weighted by Gasteiger charge is 2.41. The molecule has 3 heterocycles. The Labute approximate surface area is 231 Å². The molecule has 1 saturated heterocycles. The summed E-state index contributed by atoms with van der Waals surface area (Å²) in [6, 6.07) is 5.62. The highest BCUT2D eigenvalue weighted by molar-refractivity contribution is 7.16. The number of hydrogen-bond acceptors (Lipinski definition) is 6. The molecule has 3 atom stereocenters. The van der Waals surface area contributed by atoms with Gasteiger partial charge >= 0.3 is 0 Å². The van der Waals surface area contributed by atoms with Crippen molar-refractivity contribution in [1.82, 2.24) is 19.4 Å². The molecule has 0 aliphatic carbocycles. The van der Waals surface area contributed by atoms with E-state index in [-0.39, 0.29) is 42.6 Å². The van der Waals surface area contributed by atoms with Gasteiger partial charge in [0.1, 0.15) is 35.1 Å². The lowest BCUT2D eigenvalue weighted by atomic mass is 9.42. The number of aryl methyl sites for hydroxylation is 1. The molecule has 1 aromatic carbocycles. The molecule has 3 aromatic rings. The maximum atomic E-state index is 15.0. The standard InChI is InChI=1S/C25H27B3F2N5O3P/c1-13(14-5-4-6-15(18(14)29)19(30)39)33-20-16-11-17(22(36)34(2)21(16)32-12-31-20)24(38-3)7-9-35(10-8-24)23(37)25(26,27)28/h4-6,11-13,19H,7-10,39H2,1-3H3,(H,31,32,33)/t13-,19?/m1/s1. The summed E-state index contributed by atoms with van der Waals surface area (Å²) in [6.07, 6.45) is 1.88. The normalized spacial score (nSPS) is 17.1. The van der Waals surface area contributed by atoms with Crippen molar-refractivity contribution in [2.24, 2.45) is 7.05 Å². The predicted molar refractivity (Wildman–Crippen MR) is 151 cm³/mol. The van der Waals surface area contributed by atoms with Gasteiger partial charge in [-0.1, -0.05) is 32.6 Å². The number of ether oxygens (including phenoxy) is 1. The van der Waals surface area contributed by atoms with E-state index in [0.717, 1.165) is 0 Å². The van der Waals surface area contributed by atoms with Gasteiger partial charge in [-0.15, -0.1) is 0 Å². The Morgan fingerprint density at radius 2 is 1.87 bits per heavy atom. The molecule has 198 valence electrons. The fourth-order valence-corrected chi connectivity index (χ4v) is 5.30. The minimum atomic E-state index is -2.00. The molecule has 1 N–H and O–H groups in total. The molecule has 1 aliphatic rings. The van der Waals surface area contributed by atoms with Crippen LogP contribution in [0.1, 0.15) is 48.4 Å². The van der Waals surface area contributed by atoms with Crippen LogP contribution in [0.3, 0.4) is 0 Å². The molecule has 1 fully saturated rings. The maximum Gasteiger partial charge on any atom is 0.258 e. The minimum absolute atomic E-state index is 0.0635. The van der Waals surface area contributed by atoms with Crippen LogP contribution in [0.5, 0.6) is 0 Å². The van der Waals surface area contributed by atoms with E-state index in [9.17, 15) is 14.0 Å². The molecule has 1 amide bonds. The molecular formula is C25H27B3F2N5O3P. The SMILES string of the molecule is [B]C([B])([B])C(=O)N1CCC(OC)(c2cc3c(N[C@H](C)c4cccc(C(F)P)c4F)ncnc3n(C)c2=O)CC1. The molecule has 6 radical (unpaired) electrons. The average molecular weight is 547 g/mol. The van der Waals surface area contributed by atoms with E-state index >= 15 is 4.39 Å². The summed E-state index contributed by atoms with van der Waals surface area (Å²) in [5.74, 6) is -2.45. The molecule has 14 heteroatoms. The van der Waals surface area contributed by atoms with Crippen molar-refractivity contribution in [3.05, 3.63) is 63.5 Å². The Bertz CT molecular complexity index is 1460. The van der Waals surface area contributed by atoms with Crippen molar-refractivity contribution in [3.8, 4) is 0 Å². The summed E-state index contributed by atoms with van der Waals surface area (Å²) in [7, 11) is 21.8. The van der Waals surface area contributed by atoms with Gasteiger partial charge in [-0.2, -0.15) is 0 Å². The van der Waals surface area contributed by atoms with Gasteiger partial charge < -0.3 is 15.0 Å². The van der Waals surface area contributed by atoms with Gasteiger partial charge in [0.15, 0.2) is 0 Å². The van der Waals surface area contributed by atoms with Crippen LogP contribution >= 0.6 is 9.24 Å². The first-order valence-electron chi connectivity index (χ1n) is 12.3. The number of methoxy groups -OCH3 is 1. The number of aromatic nitrogens is 3. The van der Waals surface area contributed by atoms with Gasteiger partial charge in [0, 0.05) is 38.4 Å². The molecule has 0 bridgehead atoms. The average Bonchev–Trinajstić information content (AvgIpc) is 2.90. The van der Waals surface area contributed by atoms with Crippen molar-refractivity contribution in [2.75, 3.05) is 25.5 Å². The monoisotopic (exact) mass is 547 g/mol. The highest BCUT2D eigenvalue weighted by atomic mass is 31.0. The van der Waals surface area contributed by atoms with E-state index in [1.54, 1.807) is 32.2 Å². The van der Waals surface area contributed by atoms with Crippen LogP contribution in [-0.2, 0) is 22.2 Å². The number of alkyl halides is 1. The third-order valence-corrected chi connectivity index (χ3v) is 7.65. The summed E-state index contributed by atoms with van der Waals surface area (Å²) >= 11 is 0. The number of benzene rings is 1. The summed E-state index contributed by atoms with van der Waals surface area (Å²) in [4.78, 5) is 36.0. The zero-order valence-corrected chi connectivity index (χ0v) is 23.1. The smallest absolute Gasteiger partial charge is 0.258 e. The Morgan fingerprint density at radius 1 is 1.23 bits per heavy atom. The summed E-state index contributed by atoms with van der Waals surface area (Å²) in [6.45, 7) is 2.16. The summed E-state index contributed by atoms with van der Waals surface area (Å²) in [5, 5.41) is 1.69. The van der Waals surface area contributed by atoms with Crippen molar-refractivity contribution in [1.29, 1.82) is 0 Å². The third-order valence-electron chi connectivity index (χ3n) is 7.29. The summed E-state index contributed by atoms with van der Waals surface area (Å²) < 4.78 is 36.2. The molecule has 0 saturated carbocycles. The van der Waals surface area contributed by atoms with Crippen molar-refractivity contribution < 1.29 is 18.3 Å². The number of carbonyl (C=O) groups excluding carboxylic acids is 1. The molecule has 0 spiro atoms. The zero-order valence-electron chi connectivity index (χ0n) is 21.9. The van der Waals surface area contributed by atoms with Gasteiger partial charge in [-0.25, -0.2) is 18.7 Å². The number of likely N-dealkylation sites (tertiary alicyclic amines) is 1. The number of nitrogens with one attached hydrogen (secondary N) is 1. The van der Waals surface area contributed by atoms with Crippen LogP contribution in [0.25, 0.3) is 11.0 Å². The zero-order chi connectivity index (χ0) is 28.7. The lowest BCUT2D eigenvalue weighted by Gasteiger charge is -2.42. The van der Waals surface area contributed by atoms with Crippen LogP contribution in [-0.4, -0.2) is 69.1 Å². The molecule has 39 heavy (non-hydrogen) atoms. The molecule has 2 unspecified atom stereocenters. The second kappa shape index (κ2) is 11.0. The second-order valence-corrected chi connectivity index (χ2v) is 10.4. The number of rotatable bonds is 7. The fraction of sp³-hybridized carbons (Fsp3) is 0.440. The fourth-order valence-electron chi connectivity index (χ4n) is 5.04. The van der Waals surface area contributed by atoms with E-state index in [1.165, 1.54) is 29.0 Å². The molecular weight excluding hydrogens is 520 g/mol. The van der Waals surface area contributed by atoms with Crippen molar-refractivity contribution in [2.45, 2.75) is 42.4 Å². The van der Waals surface area contributed by atoms with Gasteiger partial charge in [0.25, 0.3) is 5.56 Å². The van der Waals surface area contributed by atoms with Crippen LogP contribution < -0.4 is 10.9 Å².